The van der Waals surface area contributed by atoms with Crippen molar-refractivity contribution in [3.05, 3.63) is 34.9 Å². The SMILES string of the molecule is c1ccc2c(c1)NC1=C(CCC1)S2. The second-order valence-corrected chi connectivity index (χ2v) is 4.62. The Hall–Kier alpha value is -0.890. The number of hydrogen-bond acceptors (Lipinski definition) is 2. The van der Waals surface area contributed by atoms with Gasteiger partial charge in [-0.05, 0) is 31.4 Å². The molecule has 13 heavy (non-hydrogen) atoms. The predicted octanol–water partition coefficient (Wildman–Crippen LogP) is 3.60. The number of para-hydroxylation sites is 1. The highest BCUT2D eigenvalue weighted by Gasteiger charge is 2.21. The van der Waals surface area contributed by atoms with Crippen LogP contribution in [0.2, 0.25) is 0 Å². The van der Waals surface area contributed by atoms with Gasteiger partial charge in [-0.2, -0.15) is 0 Å². The lowest BCUT2D eigenvalue weighted by molar-refractivity contribution is 0.907. The van der Waals surface area contributed by atoms with Crippen LogP contribution in [0, 0.1) is 0 Å². The van der Waals surface area contributed by atoms with E-state index in [1.54, 1.807) is 4.91 Å². The van der Waals surface area contributed by atoms with E-state index in [9.17, 15) is 0 Å². The molecule has 0 saturated carbocycles. The molecule has 0 saturated heterocycles. The van der Waals surface area contributed by atoms with Gasteiger partial charge in [-0.3, -0.25) is 0 Å². The molecule has 2 aliphatic rings. The van der Waals surface area contributed by atoms with Crippen molar-refractivity contribution in [2.75, 3.05) is 5.32 Å². The van der Waals surface area contributed by atoms with Crippen molar-refractivity contribution in [2.24, 2.45) is 0 Å². The summed E-state index contributed by atoms with van der Waals surface area (Å²) in [6.45, 7) is 0. The molecule has 1 aliphatic heterocycles. The van der Waals surface area contributed by atoms with Crippen LogP contribution in [0.4, 0.5) is 5.69 Å². The lowest BCUT2D eigenvalue weighted by Crippen LogP contribution is -2.03. The van der Waals surface area contributed by atoms with E-state index in [4.69, 9.17) is 0 Å². The van der Waals surface area contributed by atoms with E-state index >= 15 is 0 Å². The molecule has 0 aromatic heterocycles. The Balaban J connectivity index is 2.04. The van der Waals surface area contributed by atoms with E-state index in [1.807, 2.05) is 11.8 Å². The Morgan fingerprint density at radius 3 is 3.08 bits per heavy atom. The largest absolute Gasteiger partial charge is 0.357 e. The summed E-state index contributed by atoms with van der Waals surface area (Å²) in [7, 11) is 0. The summed E-state index contributed by atoms with van der Waals surface area (Å²) < 4.78 is 0. The predicted molar refractivity (Wildman–Crippen MR) is 56.8 cm³/mol. The molecule has 66 valence electrons. The summed E-state index contributed by atoms with van der Waals surface area (Å²) in [6.07, 6.45) is 3.82. The lowest BCUT2D eigenvalue weighted by atomic mass is 10.3. The van der Waals surface area contributed by atoms with Crippen LogP contribution in [0.5, 0.6) is 0 Å². The average Bonchev–Trinajstić information content (AvgIpc) is 2.61. The Morgan fingerprint density at radius 2 is 2.08 bits per heavy atom. The third-order valence-electron chi connectivity index (χ3n) is 2.57. The highest BCUT2D eigenvalue weighted by atomic mass is 32.2. The molecule has 0 bridgehead atoms. The van der Waals surface area contributed by atoms with Gasteiger partial charge in [0.2, 0.25) is 0 Å². The van der Waals surface area contributed by atoms with Gasteiger partial charge in [-0.25, -0.2) is 0 Å². The summed E-state index contributed by atoms with van der Waals surface area (Å²) in [5.74, 6) is 0. The molecule has 1 aromatic rings. The first-order chi connectivity index (χ1) is 6.43. The third-order valence-corrected chi connectivity index (χ3v) is 3.85. The molecule has 1 aliphatic carbocycles. The minimum atomic E-state index is 1.23. The summed E-state index contributed by atoms with van der Waals surface area (Å²) in [6, 6.07) is 8.54. The van der Waals surface area contributed by atoms with Crippen molar-refractivity contribution < 1.29 is 0 Å². The first-order valence-corrected chi connectivity index (χ1v) is 5.51. The van der Waals surface area contributed by atoms with Crippen LogP contribution >= 0.6 is 11.8 Å². The van der Waals surface area contributed by atoms with Crippen LogP contribution in [0.15, 0.2) is 39.8 Å². The molecule has 0 atom stereocenters. The van der Waals surface area contributed by atoms with E-state index in [2.05, 4.69) is 29.6 Å². The molecule has 1 N–H and O–H groups in total. The van der Waals surface area contributed by atoms with Gasteiger partial charge in [0.25, 0.3) is 0 Å². The molecule has 0 amide bonds. The van der Waals surface area contributed by atoms with Gasteiger partial charge >= 0.3 is 0 Å². The molecule has 1 aromatic carbocycles. The summed E-state index contributed by atoms with van der Waals surface area (Å²) in [5, 5.41) is 3.52. The van der Waals surface area contributed by atoms with Gasteiger partial charge in [0.05, 0.1) is 5.69 Å². The van der Waals surface area contributed by atoms with Crippen molar-refractivity contribution in [3.8, 4) is 0 Å². The highest BCUT2D eigenvalue weighted by Crippen LogP contribution is 2.45. The topological polar surface area (TPSA) is 12.0 Å². The number of thioether (sulfide) groups is 1. The second kappa shape index (κ2) is 2.81. The molecule has 2 heteroatoms. The summed E-state index contributed by atoms with van der Waals surface area (Å²) >= 11 is 1.94. The number of rotatable bonds is 0. The maximum atomic E-state index is 3.52. The van der Waals surface area contributed by atoms with Crippen LogP contribution in [-0.2, 0) is 0 Å². The molecule has 0 radical (unpaired) electrons. The van der Waals surface area contributed by atoms with Gasteiger partial charge in [-0.15, -0.1) is 0 Å². The van der Waals surface area contributed by atoms with Crippen molar-refractivity contribution in [3.63, 3.8) is 0 Å². The molecule has 0 spiro atoms. The molecule has 3 rings (SSSR count). The van der Waals surface area contributed by atoms with Gasteiger partial charge in [0, 0.05) is 15.5 Å². The van der Waals surface area contributed by atoms with Crippen molar-refractivity contribution >= 4 is 17.4 Å². The quantitative estimate of drug-likeness (QED) is 0.669. The van der Waals surface area contributed by atoms with Crippen molar-refractivity contribution in [1.29, 1.82) is 0 Å². The normalized spacial score (nSPS) is 19.4. The Morgan fingerprint density at radius 1 is 1.15 bits per heavy atom. The zero-order valence-electron chi connectivity index (χ0n) is 7.34. The second-order valence-electron chi connectivity index (χ2n) is 3.48. The zero-order chi connectivity index (χ0) is 8.67. The number of nitrogens with one attached hydrogen (secondary N) is 1. The fourth-order valence-electron chi connectivity index (χ4n) is 1.92. The summed E-state index contributed by atoms with van der Waals surface area (Å²) in [5.41, 5.74) is 2.75. The van der Waals surface area contributed by atoms with Crippen LogP contribution < -0.4 is 5.32 Å². The van der Waals surface area contributed by atoms with Crippen molar-refractivity contribution in [1.82, 2.24) is 0 Å². The smallest absolute Gasteiger partial charge is 0.0523 e. The van der Waals surface area contributed by atoms with Crippen LogP contribution in [0.25, 0.3) is 0 Å². The Labute approximate surface area is 82.2 Å². The monoisotopic (exact) mass is 189 g/mol. The third kappa shape index (κ3) is 1.17. The number of anilines is 1. The van der Waals surface area contributed by atoms with Gasteiger partial charge in [0.1, 0.15) is 0 Å². The maximum absolute atomic E-state index is 3.52. The number of fused-ring (bicyclic) bond motifs is 1. The molecule has 1 heterocycles. The average molecular weight is 189 g/mol. The van der Waals surface area contributed by atoms with Crippen LogP contribution in [0.1, 0.15) is 19.3 Å². The first kappa shape index (κ1) is 7.51. The van der Waals surface area contributed by atoms with E-state index in [-0.39, 0.29) is 0 Å². The Bertz CT molecular complexity index is 346. The summed E-state index contributed by atoms with van der Waals surface area (Å²) in [4.78, 5) is 2.93. The highest BCUT2D eigenvalue weighted by molar-refractivity contribution is 8.03. The molecular formula is C11H11NS. The minimum absolute atomic E-state index is 1.23. The zero-order valence-corrected chi connectivity index (χ0v) is 8.16. The van der Waals surface area contributed by atoms with E-state index < -0.39 is 0 Å². The first-order valence-electron chi connectivity index (χ1n) is 4.69. The fraction of sp³-hybridized carbons (Fsp3) is 0.273. The molecule has 0 unspecified atom stereocenters. The molecule has 1 nitrogen and oxygen atoms in total. The standard InChI is InChI=1S/C11H11NS/c1-2-6-10-8(4-1)12-9-5-3-7-11(9)13-10/h1-2,4,6,12H,3,5,7H2. The van der Waals surface area contributed by atoms with Gasteiger partial charge in [-0.1, -0.05) is 23.9 Å². The number of hydrogen-bond donors (Lipinski definition) is 1. The van der Waals surface area contributed by atoms with E-state index in [0.717, 1.165) is 0 Å². The van der Waals surface area contributed by atoms with Crippen LogP contribution in [0.3, 0.4) is 0 Å². The fourth-order valence-corrected chi connectivity index (χ4v) is 3.08. The van der Waals surface area contributed by atoms with Gasteiger partial charge in [0.15, 0.2) is 0 Å². The molecular weight excluding hydrogens is 178 g/mol. The molecule has 0 fully saturated rings. The number of allylic oxidation sites excluding steroid dienone is 2. The maximum Gasteiger partial charge on any atom is 0.0523 e. The van der Waals surface area contributed by atoms with E-state index in [1.165, 1.54) is 35.5 Å². The lowest BCUT2D eigenvalue weighted by Gasteiger charge is -2.19. The number of benzene rings is 1. The van der Waals surface area contributed by atoms with Crippen molar-refractivity contribution in [2.45, 2.75) is 24.2 Å². The Kier molecular flexibility index (Phi) is 1.62. The van der Waals surface area contributed by atoms with E-state index in [0.29, 0.717) is 0 Å². The van der Waals surface area contributed by atoms with Gasteiger partial charge < -0.3 is 5.32 Å². The minimum Gasteiger partial charge on any atom is -0.357 e. The van der Waals surface area contributed by atoms with Crippen LogP contribution in [-0.4, -0.2) is 0 Å².